The average molecular weight is 354 g/mol. The summed E-state index contributed by atoms with van der Waals surface area (Å²) in [6, 6.07) is 7.27. The van der Waals surface area contributed by atoms with Crippen LogP contribution in [0.2, 0.25) is 0 Å². The van der Waals surface area contributed by atoms with Crippen LogP contribution in [0.25, 0.3) is 6.08 Å². The van der Waals surface area contributed by atoms with Crippen LogP contribution in [0.1, 0.15) is 35.8 Å². The maximum atomic E-state index is 11.9. The maximum absolute atomic E-state index is 11.9. The van der Waals surface area contributed by atoms with Gasteiger partial charge in [0.15, 0.2) is 0 Å². The Labute approximate surface area is 151 Å². The fraction of sp³-hybridized carbons (Fsp3) is 0.316. The minimum Gasteiger partial charge on any atom is -0.346 e. The first-order valence-electron chi connectivity index (χ1n) is 8.56. The van der Waals surface area contributed by atoms with Gasteiger partial charge in [0, 0.05) is 35.8 Å². The quantitative estimate of drug-likeness (QED) is 0.630. The van der Waals surface area contributed by atoms with Gasteiger partial charge in [0.25, 0.3) is 17.4 Å². The minimum atomic E-state index is -0.480. The summed E-state index contributed by atoms with van der Waals surface area (Å²) in [6.45, 7) is 3.95. The SMILES string of the molecule is Cc1cc(/C=C/C(=O)NNC(=O)Cn2ccccc2=O)c(C)n1C1CC1. The molecule has 2 aromatic rings. The van der Waals surface area contributed by atoms with Gasteiger partial charge >= 0.3 is 0 Å². The molecule has 1 aliphatic rings. The number of aromatic nitrogens is 2. The molecule has 0 unspecified atom stereocenters. The molecule has 0 saturated heterocycles. The summed E-state index contributed by atoms with van der Waals surface area (Å²) in [4.78, 5) is 35.3. The zero-order chi connectivity index (χ0) is 18.7. The molecule has 0 aliphatic heterocycles. The normalized spacial score (nSPS) is 13.8. The maximum Gasteiger partial charge on any atom is 0.262 e. The van der Waals surface area contributed by atoms with Crippen molar-refractivity contribution in [1.29, 1.82) is 0 Å². The Balaban J connectivity index is 1.53. The van der Waals surface area contributed by atoms with Crippen molar-refractivity contribution in [2.75, 3.05) is 0 Å². The predicted octanol–water partition coefficient (Wildman–Crippen LogP) is 1.46. The van der Waals surface area contributed by atoms with Gasteiger partial charge in [-0.25, -0.2) is 0 Å². The highest BCUT2D eigenvalue weighted by Crippen LogP contribution is 2.38. The van der Waals surface area contributed by atoms with Gasteiger partial charge in [-0.05, 0) is 50.5 Å². The van der Waals surface area contributed by atoms with Crippen LogP contribution < -0.4 is 16.4 Å². The number of hydrogen-bond acceptors (Lipinski definition) is 3. The van der Waals surface area contributed by atoms with Crippen molar-refractivity contribution in [3.63, 3.8) is 0 Å². The first kappa shape index (κ1) is 17.7. The Morgan fingerprint density at radius 2 is 2.00 bits per heavy atom. The first-order chi connectivity index (χ1) is 12.5. The van der Waals surface area contributed by atoms with E-state index in [9.17, 15) is 14.4 Å². The number of nitrogens with zero attached hydrogens (tertiary/aromatic N) is 2. The topological polar surface area (TPSA) is 85.1 Å². The monoisotopic (exact) mass is 354 g/mol. The fourth-order valence-electron chi connectivity index (χ4n) is 2.99. The third kappa shape index (κ3) is 4.11. The molecule has 136 valence electrons. The van der Waals surface area contributed by atoms with Crippen molar-refractivity contribution in [2.45, 2.75) is 39.3 Å². The van der Waals surface area contributed by atoms with Crippen LogP contribution in [-0.2, 0) is 16.1 Å². The smallest absolute Gasteiger partial charge is 0.262 e. The van der Waals surface area contributed by atoms with Crippen LogP contribution >= 0.6 is 0 Å². The number of pyridine rings is 1. The van der Waals surface area contributed by atoms with Crippen molar-refractivity contribution in [2.24, 2.45) is 0 Å². The molecule has 3 rings (SSSR count). The second-order valence-electron chi connectivity index (χ2n) is 6.47. The zero-order valence-electron chi connectivity index (χ0n) is 14.9. The Kier molecular flexibility index (Phi) is 5.06. The van der Waals surface area contributed by atoms with E-state index in [1.807, 2.05) is 6.92 Å². The molecule has 26 heavy (non-hydrogen) atoms. The van der Waals surface area contributed by atoms with Gasteiger partial charge in [-0.3, -0.25) is 25.2 Å². The summed E-state index contributed by atoms with van der Waals surface area (Å²) in [5.41, 5.74) is 7.66. The van der Waals surface area contributed by atoms with E-state index in [-0.39, 0.29) is 12.1 Å². The Morgan fingerprint density at radius 1 is 1.23 bits per heavy atom. The summed E-state index contributed by atoms with van der Waals surface area (Å²) in [5, 5.41) is 0. The Bertz CT molecular complexity index is 919. The number of hydrogen-bond donors (Lipinski definition) is 2. The van der Waals surface area contributed by atoms with Crippen molar-refractivity contribution in [3.05, 3.63) is 63.8 Å². The molecule has 0 radical (unpaired) electrons. The standard InChI is InChI=1S/C19H22N4O3/c1-13-11-15(14(2)23(13)16-7-8-16)6-9-17(24)20-21-18(25)12-22-10-4-3-5-19(22)26/h3-6,9-11,16H,7-8,12H2,1-2H3,(H,20,24)(H,21,25)/b9-6+. The Morgan fingerprint density at radius 3 is 2.69 bits per heavy atom. The molecule has 2 amide bonds. The van der Waals surface area contributed by atoms with Crippen LogP contribution in [-0.4, -0.2) is 20.9 Å². The molecule has 0 atom stereocenters. The summed E-state index contributed by atoms with van der Waals surface area (Å²) in [6.07, 6.45) is 7.05. The van der Waals surface area contributed by atoms with E-state index in [0.717, 1.165) is 11.3 Å². The van der Waals surface area contributed by atoms with Crippen LogP contribution in [0.4, 0.5) is 0 Å². The third-order valence-corrected chi connectivity index (χ3v) is 4.39. The molecule has 1 aliphatic carbocycles. The number of nitrogens with one attached hydrogen (secondary N) is 2. The van der Waals surface area contributed by atoms with E-state index in [1.165, 1.54) is 41.4 Å². The largest absolute Gasteiger partial charge is 0.346 e. The predicted molar refractivity (Wildman–Crippen MR) is 98.2 cm³/mol. The third-order valence-electron chi connectivity index (χ3n) is 4.39. The molecule has 2 heterocycles. The zero-order valence-corrected chi connectivity index (χ0v) is 14.9. The molecule has 0 aromatic carbocycles. The summed E-state index contributed by atoms with van der Waals surface area (Å²) in [5.74, 6) is -0.915. The Hall–Kier alpha value is -3.09. The van der Waals surface area contributed by atoms with E-state index < -0.39 is 11.8 Å². The van der Waals surface area contributed by atoms with Gasteiger partial charge in [0.1, 0.15) is 6.54 Å². The van der Waals surface area contributed by atoms with Crippen LogP contribution in [0.15, 0.2) is 41.3 Å². The average Bonchev–Trinajstić information content (AvgIpc) is 3.39. The van der Waals surface area contributed by atoms with Gasteiger partial charge in [-0.15, -0.1) is 0 Å². The lowest BCUT2D eigenvalue weighted by Gasteiger charge is -2.07. The molecule has 0 bridgehead atoms. The number of carbonyl (C=O) groups excluding carboxylic acids is 2. The van der Waals surface area contributed by atoms with E-state index in [2.05, 4.69) is 28.4 Å². The molecule has 2 N–H and O–H groups in total. The van der Waals surface area contributed by atoms with Gasteiger partial charge in [0.2, 0.25) is 0 Å². The van der Waals surface area contributed by atoms with Crippen molar-refractivity contribution < 1.29 is 9.59 Å². The highest BCUT2D eigenvalue weighted by molar-refractivity contribution is 5.93. The lowest BCUT2D eigenvalue weighted by molar-refractivity contribution is -0.127. The van der Waals surface area contributed by atoms with Gasteiger partial charge < -0.3 is 9.13 Å². The molecule has 7 heteroatoms. The van der Waals surface area contributed by atoms with E-state index >= 15 is 0 Å². The fourth-order valence-corrected chi connectivity index (χ4v) is 2.99. The second kappa shape index (κ2) is 7.43. The molecule has 7 nitrogen and oxygen atoms in total. The second-order valence-corrected chi connectivity index (χ2v) is 6.47. The van der Waals surface area contributed by atoms with E-state index in [1.54, 1.807) is 18.2 Å². The lowest BCUT2D eigenvalue weighted by Crippen LogP contribution is -2.43. The van der Waals surface area contributed by atoms with Crippen molar-refractivity contribution >= 4 is 17.9 Å². The minimum absolute atomic E-state index is 0.161. The van der Waals surface area contributed by atoms with Crippen LogP contribution in [0.3, 0.4) is 0 Å². The van der Waals surface area contributed by atoms with Gasteiger partial charge in [0.05, 0.1) is 0 Å². The highest BCUT2D eigenvalue weighted by atomic mass is 16.2. The molecule has 2 aromatic heterocycles. The van der Waals surface area contributed by atoms with Gasteiger partial charge in [-0.2, -0.15) is 0 Å². The van der Waals surface area contributed by atoms with Crippen molar-refractivity contribution in [3.8, 4) is 0 Å². The lowest BCUT2D eigenvalue weighted by atomic mass is 10.2. The molecule has 1 fully saturated rings. The number of aryl methyl sites for hydroxylation is 1. The van der Waals surface area contributed by atoms with E-state index in [4.69, 9.17) is 0 Å². The van der Waals surface area contributed by atoms with Crippen LogP contribution in [0.5, 0.6) is 0 Å². The first-order valence-corrected chi connectivity index (χ1v) is 8.56. The van der Waals surface area contributed by atoms with E-state index in [0.29, 0.717) is 6.04 Å². The van der Waals surface area contributed by atoms with Crippen LogP contribution in [0, 0.1) is 13.8 Å². The summed E-state index contributed by atoms with van der Waals surface area (Å²) < 4.78 is 3.56. The number of rotatable bonds is 5. The number of hydrazine groups is 1. The number of amides is 2. The molecule has 1 saturated carbocycles. The number of carbonyl (C=O) groups is 2. The summed E-state index contributed by atoms with van der Waals surface area (Å²) in [7, 11) is 0. The molecular weight excluding hydrogens is 332 g/mol. The van der Waals surface area contributed by atoms with Crippen molar-refractivity contribution in [1.82, 2.24) is 20.0 Å². The molecule has 0 spiro atoms. The van der Waals surface area contributed by atoms with Gasteiger partial charge in [-0.1, -0.05) is 6.07 Å². The molecular formula is C19H22N4O3. The highest BCUT2D eigenvalue weighted by Gasteiger charge is 2.26. The summed E-state index contributed by atoms with van der Waals surface area (Å²) >= 11 is 0.